The van der Waals surface area contributed by atoms with Gasteiger partial charge in [0.2, 0.25) is 5.91 Å². The van der Waals surface area contributed by atoms with Crippen LogP contribution in [0.15, 0.2) is 29.3 Å². The predicted octanol–water partition coefficient (Wildman–Crippen LogP) is 4.11. The van der Waals surface area contributed by atoms with Crippen molar-refractivity contribution in [2.45, 2.75) is 56.8 Å². The molecule has 0 N–H and O–H groups in total. The monoisotopic (exact) mass is 427 g/mol. The number of fused-ring (bicyclic) bond motifs is 1. The summed E-state index contributed by atoms with van der Waals surface area (Å²) in [7, 11) is 1.65. The van der Waals surface area contributed by atoms with Crippen molar-refractivity contribution < 1.29 is 14.3 Å². The predicted molar refractivity (Wildman–Crippen MR) is 118 cm³/mol. The summed E-state index contributed by atoms with van der Waals surface area (Å²) >= 11 is 1.50. The summed E-state index contributed by atoms with van der Waals surface area (Å²) in [6.45, 7) is 6.37. The number of aromatic nitrogens is 2. The van der Waals surface area contributed by atoms with E-state index in [0.717, 1.165) is 59.9 Å². The van der Waals surface area contributed by atoms with Crippen LogP contribution in [0.25, 0.3) is 11.4 Å². The van der Waals surface area contributed by atoms with E-state index in [1.54, 1.807) is 7.11 Å². The molecule has 1 aromatic carbocycles. The fourth-order valence-corrected chi connectivity index (χ4v) is 4.84. The molecule has 30 heavy (non-hydrogen) atoms. The van der Waals surface area contributed by atoms with Gasteiger partial charge in [0, 0.05) is 30.6 Å². The van der Waals surface area contributed by atoms with Crippen molar-refractivity contribution >= 4 is 17.7 Å². The van der Waals surface area contributed by atoms with E-state index in [0.29, 0.717) is 18.2 Å². The van der Waals surface area contributed by atoms with Gasteiger partial charge in [0.25, 0.3) is 0 Å². The van der Waals surface area contributed by atoms with Crippen molar-refractivity contribution in [2.24, 2.45) is 0 Å². The van der Waals surface area contributed by atoms with Crippen LogP contribution in [0.1, 0.15) is 44.4 Å². The topological polar surface area (TPSA) is 64.5 Å². The molecule has 4 rings (SSSR count). The molecule has 6 nitrogen and oxygen atoms in total. The van der Waals surface area contributed by atoms with Crippen molar-refractivity contribution in [2.75, 3.05) is 26.0 Å². The lowest BCUT2D eigenvalue weighted by atomic mass is 9.96. The Morgan fingerprint density at radius 1 is 1.23 bits per heavy atom. The van der Waals surface area contributed by atoms with Crippen LogP contribution in [-0.2, 0) is 22.6 Å². The first kappa shape index (κ1) is 21.1. The summed E-state index contributed by atoms with van der Waals surface area (Å²) in [6.07, 6.45) is 4.13. The number of rotatable bonds is 5. The van der Waals surface area contributed by atoms with Crippen molar-refractivity contribution in [3.8, 4) is 17.1 Å². The van der Waals surface area contributed by atoms with E-state index >= 15 is 0 Å². The van der Waals surface area contributed by atoms with Gasteiger partial charge in [0.15, 0.2) is 5.82 Å². The highest BCUT2D eigenvalue weighted by atomic mass is 32.2. The number of likely N-dealkylation sites (tertiary alicyclic amines) is 1. The highest BCUT2D eigenvalue weighted by molar-refractivity contribution is 7.99. The molecule has 2 aliphatic heterocycles. The minimum atomic E-state index is -0.265. The van der Waals surface area contributed by atoms with Crippen molar-refractivity contribution in [3.05, 3.63) is 35.5 Å². The van der Waals surface area contributed by atoms with Gasteiger partial charge in [-0.15, -0.1) is 0 Å². The van der Waals surface area contributed by atoms with Gasteiger partial charge in [-0.25, -0.2) is 9.97 Å². The van der Waals surface area contributed by atoms with Crippen molar-refractivity contribution in [1.29, 1.82) is 0 Å². The van der Waals surface area contributed by atoms with Gasteiger partial charge >= 0.3 is 0 Å². The number of piperidine rings is 1. The third-order valence-electron chi connectivity index (χ3n) is 5.62. The second-order valence-corrected chi connectivity index (χ2v) is 9.43. The molecule has 0 saturated carbocycles. The van der Waals surface area contributed by atoms with Gasteiger partial charge in [0.1, 0.15) is 10.8 Å². The summed E-state index contributed by atoms with van der Waals surface area (Å²) < 4.78 is 11.4. The molecule has 1 amide bonds. The molecule has 2 aliphatic rings. The molecule has 7 heteroatoms. The van der Waals surface area contributed by atoms with Crippen LogP contribution in [0.3, 0.4) is 0 Å². The molecule has 3 heterocycles. The molecule has 1 saturated heterocycles. The van der Waals surface area contributed by atoms with Gasteiger partial charge in [-0.3, -0.25) is 4.79 Å². The summed E-state index contributed by atoms with van der Waals surface area (Å²) in [5.41, 5.74) is 2.66. The average Bonchev–Trinajstić information content (AvgIpc) is 2.76. The van der Waals surface area contributed by atoms with Gasteiger partial charge in [-0.05, 0) is 45.2 Å². The van der Waals surface area contributed by atoms with Crippen LogP contribution in [0.2, 0.25) is 0 Å². The number of benzene rings is 1. The molecule has 1 fully saturated rings. The average molecular weight is 428 g/mol. The van der Waals surface area contributed by atoms with E-state index in [9.17, 15) is 4.79 Å². The number of hydrogen-bond acceptors (Lipinski definition) is 6. The standard InChI is InChI=1S/C23H29N3O3S/c1-23(2)13-19-18(14-29-23)22(30-15-20(27)26-10-5-4-6-11-26)25-21(24-19)16-8-7-9-17(12-16)28-3/h7-9,12H,4-6,10-11,13-15H2,1-3H3. The zero-order valence-corrected chi connectivity index (χ0v) is 18.8. The molecular weight excluding hydrogens is 398 g/mol. The normalized spacial score (nSPS) is 18.0. The minimum absolute atomic E-state index is 0.187. The van der Waals surface area contributed by atoms with E-state index < -0.39 is 0 Å². The lowest BCUT2D eigenvalue weighted by Crippen LogP contribution is -2.37. The quantitative estimate of drug-likeness (QED) is 0.529. The smallest absolute Gasteiger partial charge is 0.232 e. The molecule has 0 radical (unpaired) electrons. The summed E-state index contributed by atoms with van der Waals surface area (Å²) in [5.74, 6) is 2.02. The van der Waals surface area contributed by atoms with E-state index in [1.807, 2.05) is 29.2 Å². The van der Waals surface area contributed by atoms with Crippen molar-refractivity contribution in [3.63, 3.8) is 0 Å². The summed E-state index contributed by atoms with van der Waals surface area (Å²) in [4.78, 5) is 24.4. The highest BCUT2D eigenvalue weighted by Crippen LogP contribution is 2.34. The molecule has 0 spiro atoms. The first-order valence-corrected chi connectivity index (χ1v) is 11.5. The fraction of sp³-hybridized carbons (Fsp3) is 0.522. The van der Waals surface area contributed by atoms with E-state index in [4.69, 9.17) is 19.4 Å². The number of thioether (sulfide) groups is 1. The first-order chi connectivity index (χ1) is 14.4. The molecule has 1 aromatic heterocycles. The van der Waals surface area contributed by atoms with Gasteiger partial charge < -0.3 is 14.4 Å². The Morgan fingerprint density at radius 3 is 2.80 bits per heavy atom. The van der Waals surface area contributed by atoms with Gasteiger partial charge in [-0.1, -0.05) is 23.9 Å². The molecule has 160 valence electrons. The lowest BCUT2D eigenvalue weighted by Gasteiger charge is -2.32. The largest absolute Gasteiger partial charge is 0.497 e. The zero-order chi connectivity index (χ0) is 21.1. The molecule has 2 aromatic rings. The van der Waals surface area contributed by atoms with Crippen LogP contribution in [0.5, 0.6) is 5.75 Å². The molecule has 0 aliphatic carbocycles. The van der Waals surface area contributed by atoms with Crippen LogP contribution in [0.4, 0.5) is 0 Å². The number of nitrogens with zero attached hydrogens (tertiary/aromatic N) is 3. The maximum Gasteiger partial charge on any atom is 0.232 e. The minimum Gasteiger partial charge on any atom is -0.497 e. The number of amides is 1. The Morgan fingerprint density at radius 2 is 2.03 bits per heavy atom. The Hall–Kier alpha value is -2.12. The van der Waals surface area contributed by atoms with Crippen LogP contribution in [-0.4, -0.2) is 52.3 Å². The number of hydrogen-bond donors (Lipinski definition) is 0. The number of ether oxygens (including phenoxy) is 2. The summed E-state index contributed by atoms with van der Waals surface area (Å²) in [5, 5.41) is 0.846. The zero-order valence-electron chi connectivity index (χ0n) is 17.9. The Bertz CT molecular complexity index is 926. The Balaban J connectivity index is 1.63. The molecule has 0 unspecified atom stereocenters. The third-order valence-corrected chi connectivity index (χ3v) is 6.63. The van der Waals surface area contributed by atoms with Crippen LogP contribution >= 0.6 is 11.8 Å². The lowest BCUT2D eigenvalue weighted by molar-refractivity contribution is -0.129. The van der Waals surface area contributed by atoms with Crippen LogP contribution in [0, 0.1) is 0 Å². The third kappa shape index (κ3) is 4.78. The number of carbonyl (C=O) groups excluding carboxylic acids is 1. The van der Waals surface area contributed by atoms with E-state index in [1.165, 1.54) is 18.2 Å². The first-order valence-electron chi connectivity index (χ1n) is 10.5. The highest BCUT2D eigenvalue weighted by Gasteiger charge is 2.30. The van der Waals surface area contributed by atoms with Crippen LogP contribution < -0.4 is 4.74 Å². The van der Waals surface area contributed by atoms with Gasteiger partial charge in [0.05, 0.1) is 30.8 Å². The Kier molecular flexibility index (Phi) is 6.29. The molecule has 0 bridgehead atoms. The SMILES string of the molecule is COc1cccc(-c2nc3c(c(SCC(=O)N4CCCCC4)n2)COC(C)(C)C3)c1. The van der Waals surface area contributed by atoms with E-state index in [-0.39, 0.29) is 11.5 Å². The maximum absolute atomic E-state index is 12.7. The Labute approximate surface area is 182 Å². The number of carbonyl (C=O) groups is 1. The number of methoxy groups -OCH3 is 1. The summed E-state index contributed by atoms with van der Waals surface area (Å²) in [6, 6.07) is 7.78. The maximum atomic E-state index is 12.7. The second-order valence-electron chi connectivity index (χ2n) is 8.46. The fourth-order valence-electron chi connectivity index (χ4n) is 3.90. The van der Waals surface area contributed by atoms with Gasteiger partial charge in [-0.2, -0.15) is 0 Å². The van der Waals surface area contributed by atoms with E-state index in [2.05, 4.69) is 13.8 Å². The molecular formula is C23H29N3O3S. The second kappa shape index (κ2) is 8.94. The molecule has 0 atom stereocenters. The van der Waals surface area contributed by atoms with Crippen molar-refractivity contribution in [1.82, 2.24) is 14.9 Å².